The molecule has 2 aromatic heterocycles. The van der Waals surface area contributed by atoms with Gasteiger partial charge in [0.1, 0.15) is 0 Å². The second-order valence-corrected chi connectivity index (χ2v) is 4.14. The SMILES string of the molecule is COc1cnn(C)c1C(=O)c1scnc1C. The minimum Gasteiger partial charge on any atom is -0.493 e. The molecule has 2 heterocycles. The van der Waals surface area contributed by atoms with Crippen molar-refractivity contribution in [1.82, 2.24) is 14.8 Å². The van der Waals surface area contributed by atoms with Crippen LogP contribution in [-0.2, 0) is 7.05 Å². The molecule has 0 aliphatic heterocycles. The number of rotatable bonds is 3. The number of hydrogen-bond acceptors (Lipinski definition) is 5. The second-order valence-electron chi connectivity index (χ2n) is 3.28. The molecular formula is C10H11N3O2S. The van der Waals surface area contributed by atoms with Crippen LogP contribution in [0.1, 0.15) is 21.1 Å². The van der Waals surface area contributed by atoms with Gasteiger partial charge in [-0.2, -0.15) is 5.10 Å². The lowest BCUT2D eigenvalue weighted by Gasteiger charge is -2.02. The van der Waals surface area contributed by atoms with Crippen LogP contribution in [0.4, 0.5) is 0 Å². The minimum absolute atomic E-state index is 0.100. The van der Waals surface area contributed by atoms with Gasteiger partial charge in [-0.3, -0.25) is 9.48 Å². The van der Waals surface area contributed by atoms with Gasteiger partial charge in [0.2, 0.25) is 5.78 Å². The van der Waals surface area contributed by atoms with E-state index in [2.05, 4.69) is 10.1 Å². The summed E-state index contributed by atoms with van der Waals surface area (Å²) in [6.45, 7) is 1.81. The molecule has 0 unspecified atom stereocenters. The van der Waals surface area contributed by atoms with Gasteiger partial charge in [-0.05, 0) is 6.92 Å². The van der Waals surface area contributed by atoms with Gasteiger partial charge >= 0.3 is 0 Å². The lowest BCUT2D eigenvalue weighted by atomic mass is 10.2. The molecule has 0 aromatic carbocycles. The van der Waals surface area contributed by atoms with Crippen molar-refractivity contribution in [2.45, 2.75) is 6.92 Å². The highest BCUT2D eigenvalue weighted by atomic mass is 32.1. The van der Waals surface area contributed by atoms with Crippen LogP contribution >= 0.6 is 11.3 Å². The van der Waals surface area contributed by atoms with E-state index in [-0.39, 0.29) is 5.78 Å². The van der Waals surface area contributed by atoms with Crippen LogP contribution < -0.4 is 4.74 Å². The summed E-state index contributed by atoms with van der Waals surface area (Å²) in [5.41, 5.74) is 2.85. The minimum atomic E-state index is -0.100. The number of ether oxygens (including phenoxy) is 1. The van der Waals surface area contributed by atoms with Crippen molar-refractivity contribution in [3.8, 4) is 5.75 Å². The number of carbonyl (C=O) groups is 1. The molecule has 0 amide bonds. The van der Waals surface area contributed by atoms with E-state index in [1.54, 1.807) is 12.6 Å². The molecule has 2 aromatic rings. The smallest absolute Gasteiger partial charge is 0.226 e. The first-order valence-corrected chi connectivity index (χ1v) is 5.54. The summed E-state index contributed by atoms with van der Waals surface area (Å²) >= 11 is 1.33. The number of aryl methyl sites for hydroxylation is 2. The van der Waals surface area contributed by atoms with Gasteiger partial charge in [-0.25, -0.2) is 4.98 Å². The average Bonchev–Trinajstić information content (AvgIpc) is 2.83. The molecule has 0 radical (unpaired) electrons. The van der Waals surface area contributed by atoms with E-state index in [9.17, 15) is 4.79 Å². The number of nitrogens with zero attached hydrogens (tertiary/aromatic N) is 3. The van der Waals surface area contributed by atoms with Crippen molar-refractivity contribution in [3.05, 3.63) is 28.0 Å². The van der Waals surface area contributed by atoms with Gasteiger partial charge in [-0.1, -0.05) is 0 Å². The van der Waals surface area contributed by atoms with Crippen LogP contribution in [0.25, 0.3) is 0 Å². The summed E-state index contributed by atoms with van der Waals surface area (Å²) in [4.78, 5) is 16.9. The molecule has 0 N–H and O–H groups in total. The first-order valence-electron chi connectivity index (χ1n) is 4.66. The molecule has 6 heteroatoms. The number of carbonyl (C=O) groups excluding carboxylic acids is 1. The number of ketones is 1. The molecular weight excluding hydrogens is 226 g/mol. The predicted octanol–water partition coefficient (Wildman–Crippen LogP) is 1.42. The van der Waals surface area contributed by atoms with Gasteiger partial charge in [0.05, 0.1) is 29.4 Å². The third-order valence-electron chi connectivity index (χ3n) is 2.29. The fourth-order valence-electron chi connectivity index (χ4n) is 1.45. The Kier molecular flexibility index (Phi) is 2.74. The molecule has 0 aliphatic carbocycles. The highest BCUT2D eigenvalue weighted by Gasteiger charge is 2.22. The zero-order valence-electron chi connectivity index (χ0n) is 9.22. The first kappa shape index (κ1) is 10.8. The molecule has 0 saturated carbocycles. The largest absolute Gasteiger partial charge is 0.493 e. The summed E-state index contributed by atoms with van der Waals surface area (Å²) < 4.78 is 6.62. The van der Waals surface area contributed by atoms with E-state index >= 15 is 0 Å². The summed E-state index contributed by atoms with van der Waals surface area (Å²) in [6.07, 6.45) is 1.53. The van der Waals surface area contributed by atoms with Crippen molar-refractivity contribution in [1.29, 1.82) is 0 Å². The molecule has 0 saturated heterocycles. The van der Waals surface area contributed by atoms with E-state index < -0.39 is 0 Å². The molecule has 5 nitrogen and oxygen atoms in total. The monoisotopic (exact) mass is 237 g/mol. The average molecular weight is 237 g/mol. The van der Waals surface area contributed by atoms with Crippen LogP contribution in [-0.4, -0.2) is 27.7 Å². The van der Waals surface area contributed by atoms with Gasteiger partial charge in [0, 0.05) is 7.05 Å². The Morgan fingerprint density at radius 2 is 2.31 bits per heavy atom. The number of thiazole rings is 1. The quantitative estimate of drug-likeness (QED) is 0.758. The first-order chi connectivity index (χ1) is 7.65. The van der Waals surface area contributed by atoms with Crippen LogP contribution in [0.2, 0.25) is 0 Å². The molecule has 0 bridgehead atoms. The fraction of sp³-hybridized carbons (Fsp3) is 0.300. The molecule has 0 aliphatic rings. The third kappa shape index (κ3) is 1.61. The lowest BCUT2D eigenvalue weighted by molar-refractivity contribution is 0.103. The van der Waals surface area contributed by atoms with Gasteiger partial charge in [0.15, 0.2) is 11.4 Å². The molecule has 84 valence electrons. The van der Waals surface area contributed by atoms with Crippen LogP contribution in [0.15, 0.2) is 11.7 Å². The topological polar surface area (TPSA) is 57.0 Å². The molecule has 0 fully saturated rings. The zero-order valence-corrected chi connectivity index (χ0v) is 10.0. The van der Waals surface area contributed by atoms with Gasteiger partial charge < -0.3 is 4.74 Å². The van der Waals surface area contributed by atoms with E-state index in [0.717, 1.165) is 5.69 Å². The Labute approximate surface area is 96.7 Å². The Bertz CT molecular complexity index is 530. The van der Waals surface area contributed by atoms with Crippen molar-refractivity contribution < 1.29 is 9.53 Å². The van der Waals surface area contributed by atoms with E-state index in [1.807, 2.05) is 6.92 Å². The second kappa shape index (κ2) is 4.05. The summed E-state index contributed by atoms with van der Waals surface area (Å²) in [7, 11) is 3.24. The number of hydrogen-bond donors (Lipinski definition) is 0. The van der Waals surface area contributed by atoms with Crippen molar-refractivity contribution in [2.24, 2.45) is 7.05 Å². The third-order valence-corrected chi connectivity index (χ3v) is 3.22. The Balaban J connectivity index is 2.49. The van der Waals surface area contributed by atoms with E-state index in [0.29, 0.717) is 16.3 Å². The Hall–Kier alpha value is -1.69. The maximum Gasteiger partial charge on any atom is 0.226 e. The zero-order chi connectivity index (χ0) is 11.7. The maximum absolute atomic E-state index is 12.2. The summed E-state index contributed by atoms with van der Waals surface area (Å²) in [6, 6.07) is 0. The summed E-state index contributed by atoms with van der Waals surface area (Å²) in [5.74, 6) is 0.386. The highest BCUT2D eigenvalue weighted by Crippen LogP contribution is 2.23. The van der Waals surface area contributed by atoms with E-state index in [1.165, 1.54) is 29.3 Å². The van der Waals surface area contributed by atoms with Gasteiger partial charge in [0.25, 0.3) is 0 Å². The molecule has 0 atom stereocenters. The van der Waals surface area contributed by atoms with Crippen LogP contribution in [0, 0.1) is 6.92 Å². The number of aromatic nitrogens is 3. The van der Waals surface area contributed by atoms with Gasteiger partial charge in [-0.15, -0.1) is 11.3 Å². The van der Waals surface area contributed by atoms with Crippen molar-refractivity contribution >= 4 is 17.1 Å². The molecule has 0 spiro atoms. The van der Waals surface area contributed by atoms with Crippen molar-refractivity contribution in [2.75, 3.05) is 7.11 Å². The maximum atomic E-state index is 12.2. The summed E-state index contributed by atoms with van der Waals surface area (Å²) in [5, 5.41) is 4.00. The standard InChI is InChI=1S/C10H11N3O2S/c1-6-10(16-5-11-6)9(14)8-7(15-3)4-12-13(8)2/h4-5H,1-3H3. The van der Waals surface area contributed by atoms with Crippen LogP contribution in [0.5, 0.6) is 5.75 Å². The fourth-order valence-corrected chi connectivity index (χ4v) is 2.20. The number of methoxy groups -OCH3 is 1. The molecule has 2 rings (SSSR count). The Morgan fingerprint density at radius 3 is 2.88 bits per heavy atom. The van der Waals surface area contributed by atoms with Crippen molar-refractivity contribution in [3.63, 3.8) is 0 Å². The normalized spacial score (nSPS) is 10.4. The predicted molar refractivity (Wildman–Crippen MR) is 60.0 cm³/mol. The van der Waals surface area contributed by atoms with E-state index in [4.69, 9.17) is 4.74 Å². The Morgan fingerprint density at radius 1 is 1.56 bits per heavy atom. The van der Waals surface area contributed by atoms with Crippen LogP contribution in [0.3, 0.4) is 0 Å². The molecule has 16 heavy (non-hydrogen) atoms. The lowest BCUT2D eigenvalue weighted by Crippen LogP contribution is -2.09. The highest BCUT2D eigenvalue weighted by molar-refractivity contribution is 7.12.